The molecule has 1 aromatic heterocycles. The minimum Gasteiger partial charge on any atom is -0.472 e. The molecular formula is C16H16ClN3O2. The van der Waals surface area contributed by atoms with Crippen molar-refractivity contribution in [2.24, 2.45) is 0 Å². The molecule has 1 unspecified atom stereocenters. The zero-order valence-corrected chi connectivity index (χ0v) is 12.7. The van der Waals surface area contributed by atoms with Gasteiger partial charge in [0.1, 0.15) is 6.10 Å². The predicted molar refractivity (Wildman–Crippen MR) is 85.3 cm³/mol. The number of aromatic nitrogens is 1. The number of anilines is 1. The minimum atomic E-state index is -0.166. The fourth-order valence-electron chi connectivity index (χ4n) is 2.35. The molecule has 0 aliphatic carbocycles. The SMILES string of the molecule is O=C(Nc1ccccc1Cl)N1CCC(Oc2ccccn2)C1. The second kappa shape index (κ2) is 6.66. The molecule has 2 heterocycles. The average molecular weight is 318 g/mol. The maximum atomic E-state index is 12.2. The number of pyridine rings is 1. The lowest BCUT2D eigenvalue weighted by Crippen LogP contribution is -2.34. The monoisotopic (exact) mass is 317 g/mol. The standard InChI is InChI=1S/C16H16ClN3O2/c17-13-5-1-2-6-14(13)19-16(21)20-10-8-12(11-20)22-15-7-3-4-9-18-15/h1-7,9,12H,8,10-11H2,(H,19,21). The first-order valence-corrected chi connectivity index (χ1v) is 7.48. The van der Waals surface area contributed by atoms with Gasteiger partial charge in [-0.2, -0.15) is 0 Å². The summed E-state index contributed by atoms with van der Waals surface area (Å²) in [7, 11) is 0. The van der Waals surface area contributed by atoms with Crippen molar-refractivity contribution in [1.82, 2.24) is 9.88 Å². The van der Waals surface area contributed by atoms with E-state index in [9.17, 15) is 4.79 Å². The Hall–Kier alpha value is -2.27. The van der Waals surface area contributed by atoms with Gasteiger partial charge in [0.25, 0.3) is 0 Å². The van der Waals surface area contributed by atoms with Gasteiger partial charge in [-0.05, 0) is 18.2 Å². The van der Waals surface area contributed by atoms with Crippen LogP contribution in [0, 0.1) is 0 Å². The van der Waals surface area contributed by atoms with Gasteiger partial charge in [-0.1, -0.05) is 29.8 Å². The van der Waals surface area contributed by atoms with Crippen molar-refractivity contribution < 1.29 is 9.53 Å². The van der Waals surface area contributed by atoms with Crippen molar-refractivity contribution in [2.75, 3.05) is 18.4 Å². The highest BCUT2D eigenvalue weighted by Crippen LogP contribution is 2.22. The molecule has 1 N–H and O–H groups in total. The number of rotatable bonds is 3. The van der Waals surface area contributed by atoms with Gasteiger partial charge in [0.05, 0.1) is 17.3 Å². The Labute approximate surface area is 133 Å². The van der Waals surface area contributed by atoms with Gasteiger partial charge in [0.15, 0.2) is 0 Å². The Morgan fingerprint density at radius 2 is 2.09 bits per heavy atom. The number of urea groups is 1. The van der Waals surface area contributed by atoms with Gasteiger partial charge in [-0.15, -0.1) is 0 Å². The summed E-state index contributed by atoms with van der Waals surface area (Å²) in [4.78, 5) is 18.1. The highest BCUT2D eigenvalue weighted by atomic mass is 35.5. The highest BCUT2D eigenvalue weighted by molar-refractivity contribution is 6.33. The van der Waals surface area contributed by atoms with E-state index in [-0.39, 0.29) is 12.1 Å². The summed E-state index contributed by atoms with van der Waals surface area (Å²) in [5, 5.41) is 3.34. The number of halogens is 1. The van der Waals surface area contributed by atoms with Gasteiger partial charge in [-0.25, -0.2) is 9.78 Å². The van der Waals surface area contributed by atoms with E-state index in [1.165, 1.54) is 0 Å². The molecule has 1 aromatic carbocycles. The van der Waals surface area contributed by atoms with Crippen LogP contribution in [0.5, 0.6) is 5.88 Å². The number of carbonyl (C=O) groups excluding carboxylic acids is 1. The molecule has 0 spiro atoms. The molecule has 0 bridgehead atoms. The molecule has 1 fully saturated rings. The van der Waals surface area contributed by atoms with Crippen molar-refractivity contribution in [3.8, 4) is 5.88 Å². The molecule has 5 nitrogen and oxygen atoms in total. The van der Waals surface area contributed by atoms with Crippen LogP contribution in [0.4, 0.5) is 10.5 Å². The number of likely N-dealkylation sites (tertiary alicyclic amines) is 1. The summed E-state index contributed by atoms with van der Waals surface area (Å²) < 4.78 is 5.77. The van der Waals surface area contributed by atoms with Gasteiger partial charge in [-0.3, -0.25) is 0 Å². The third-order valence-corrected chi connectivity index (χ3v) is 3.80. The summed E-state index contributed by atoms with van der Waals surface area (Å²) in [5.41, 5.74) is 0.614. The van der Waals surface area contributed by atoms with E-state index >= 15 is 0 Å². The van der Waals surface area contributed by atoms with Crippen molar-refractivity contribution in [3.05, 3.63) is 53.7 Å². The summed E-state index contributed by atoms with van der Waals surface area (Å²) in [6.45, 7) is 1.18. The Bertz CT molecular complexity index is 651. The Morgan fingerprint density at radius 1 is 1.27 bits per heavy atom. The van der Waals surface area contributed by atoms with E-state index in [1.807, 2.05) is 30.3 Å². The fourth-order valence-corrected chi connectivity index (χ4v) is 2.54. The summed E-state index contributed by atoms with van der Waals surface area (Å²) in [5.74, 6) is 0.584. The van der Waals surface area contributed by atoms with Gasteiger partial charge in [0, 0.05) is 25.2 Å². The third kappa shape index (κ3) is 3.49. The lowest BCUT2D eigenvalue weighted by molar-refractivity contribution is 0.190. The molecule has 1 saturated heterocycles. The number of amides is 2. The van der Waals surface area contributed by atoms with Crippen molar-refractivity contribution in [3.63, 3.8) is 0 Å². The quantitative estimate of drug-likeness (QED) is 0.943. The molecular weight excluding hydrogens is 302 g/mol. The maximum absolute atomic E-state index is 12.2. The van der Waals surface area contributed by atoms with Crippen LogP contribution in [0.25, 0.3) is 0 Å². The molecule has 0 saturated carbocycles. The lowest BCUT2D eigenvalue weighted by Gasteiger charge is -2.18. The van der Waals surface area contributed by atoms with Crippen LogP contribution >= 0.6 is 11.6 Å². The Balaban J connectivity index is 1.56. The van der Waals surface area contributed by atoms with Crippen LogP contribution in [0.3, 0.4) is 0 Å². The zero-order valence-electron chi connectivity index (χ0n) is 11.9. The van der Waals surface area contributed by atoms with E-state index in [1.54, 1.807) is 23.2 Å². The van der Waals surface area contributed by atoms with Crippen LogP contribution in [0.15, 0.2) is 48.7 Å². The van der Waals surface area contributed by atoms with E-state index in [0.717, 1.165) is 6.42 Å². The number of benzene rings is 1. The van der Waals surface area contributed by atoms with Crippen LogP contribution in [-0.4, -0.2) is 35.1 Å². The van der Waals surface area contributed by atoms with E-state index in [2.05, 4.69) is 10.3 Å². The van der Waals surface area contributed by atoms with Crippen LogP contribution < -0.4 is 10.1 Å². The van der Waals surface area contributed by atoms with Crippen molar-refractivity contribution in [1.29, 1.82) is 0 Å². The van der Waals surface area contributed by atoms with Gasteiger partial charge in [0.2, 0.25) is 5.88 Å². The molecule has 114 valence electrons. The largest absolute Gasteiger partial charge is 0.472 e. The lowest BCUT2D eigenvalue weighted by atomic mass is 10.3. The highest BCUT2D eigenvalue weighted by Gasteiger charge is 2.28. The van der Waals surface area contributed by atoms with E-state index < -0.39 is 0 Å². The molecule has 1 atom stereocenters. The average Bonchev–Trinajstić information content (AvgIpc) is 2.99. The number of para-hydroxylation sites is 1. The number of hydrogen-bond acceptors (Lipinski definition) is 3. The second-order valence-corrected chi connectivity index (χ2v) is 5.46. The number of carbonyl (C=O) groups is 1. The zero-order chi connectivity index (χ0) is 15.4. The normalized spacial score (nSPS) is 17.3. The minimum absolute atomic E-state index is 0.0353. The molecule has 6 heteroatoms. The Kier molecular flexibility index (Phi) is 4.44. The van der Waals surface area contributed by atoms with Crippen LogP contribution in [-0.2, 0) is 0 Å². The van der Waals surface area contributed by atoms with Gasteiger partial charge < -0.3 is 15.0 Å². The molecule has 0 radical (unpaired) electrons. The molecule has 1 aliphatic rings. The Morgan fingerprint density at radius 3 is 2.86 bits per heavy atom. The number of nitrogens with zero attached hydrogens (tertiary/aromatic N) is 2. The van der Waals surface area contributed by atoms with E-state index in [4.69, 9.17) is 16.3 Å². The van der Waals surface area contributed by atoms with E-state index in [0.29, 0.717) is 29.7 Å². The molecule has 2 aromatic rings. The first-order chi connectivity index (χ1) is 10.7. The summed E-state index contributed by atoms with van der Waals surface area (Å²) in [6.07, 6.45) is 2.44. The van der Waals surface area contributed by atoms with Gasteiger partial charge >= 0.3 is 6.03 Å². The van der Waals surface area contributed by atoms with Crippen molar-refractivity contribution in [2.45, 2.75) is 12.5 Å². The number of nitrogens with one attached hydrogen (secondary N) is 1. The summed E-state index contributed by atoms with van der Waals surface area (Å²) in [6, 6.07) is 12.5. The molecule has 1 aliphatic heterocycles. The first kappa shape index (κ1) is 14.7. The second-order valence-electron chi connectivity index (χ2n) is 5.05. The first-order valence-electron chi connectivity index (χ1n) is 7.10. The maximum Gasteiger partial charge on any atom is 0.322 e. The van der Waals surface area contributed by atoms with Crippen molar-refractivity contribution >= 4 is 23.3 Å². The van der Waals surface area contributed by atoms with Crippen LogP contribution in [0.2, 0.25) is 5.02 Å². The molecule has 2 amide bonds. The fraction of sp³-hybridized carbons (Fsp3) is 0.250. The topological polar surface area (TPSA) is 54.5 Å². The number of ether oxygens (including phenoxy) is 1. The van der Waals surface area contributed by atoms with Crippen LogP contribution in [0.1, 0.15) is 6.42 Å². The summed E-state index contributed by atoms with van der Waals surface area (Å²) >= 11 is 6.04. The molecule has 3 rings (SSSR count). The predicted octanol–water partition coefficient (Wildman–Crippen LogP) is 3.42. The smallest absolute Gasteiger partial charge is 0.322 e. The third-order valence-electron chi connectivity index (χ3n) is 3.47. The number of hydrogen-bond donors (Lipinski definition) is 1. The molecule has 22 heavy (non-hydrogen) atoms.